The normalized spacial score (nSPS) is 19.4. The van der Waals surface area contributed by atoms with Gasteiger partial charge in [-0.3, -0.25) is 10.4 Å². The van der Waals surface area contributed by atoms with E-state index < -0.39 is 6.09 Å². The number of amides is 2. The van der Waals surface area contributed by atoms with Crippen LogP contribution in [0, 0.1) is 0 Å². The first-order valence-corrected chi connectivity index (χ1v) is 10.0. The van der Waals surface area contributed by atoms with Crippen LogP contribution in [0.3, 0.4) is 0 Å². The number of benzene rings is 1. The van der Waals surface area contributed by atoms with Crippen LogP contribution in [0.4, 0.5) is 15.4 Å². The summed E-state index contributed by atoms with van der Waals surface area (Å²) in [6, 6.07) is 11.4. The molecular weight excluding hydrogens is 372 g/mol. The van der Waals surface area contributed by atoms with Gasteiger partial charge < -0.3 is 14.8 Å². The van der Waals surface area contributed by atoms with Crippen molar-refractivity contribution in [2.45, 2.75) is 64.2 Å². The van der Waals surface area contributed by atoms with Gasteiger partial charge in [0, 0.05) is 23.7 Å². The molecule has 29 heavy (non-hydrogen) atoms. The summed E-state index contributed by atoms with van der Waals surface area (Å²) in [5, 5.41) is 12.5. The van der Waals surface area contributed by atoms with Crippen LogP contribution >= 0.6 is 0 Å². The van der Waals surface area contributed by atoms with Crippen molar-refractivity contribution in [3.05, 3.63) is 47.7 Å². The van der Waals surface area contributed by atoms with Gasteiger partial charge in [-0.15, -0.1) is 0 Å². The lowest BCUT2D eigenvalue weighted by molar-refractivity contribution is 0.0974. The van der Waals surface area contributed by atoms with Crippen molar-refractivity contribution in [3.63, 3.8) is 0 Å². The topological polar surface area (TPSA) is 105 Å². The van der Waals surface area contributed by atoms with Crippen LogP contribution in [0.1, 0.15) is 56.7 Å². The number of carbonyl (C=O) groups is 2. The summed E-state index contributed by atoms with van der Waals surface area (Å²) >= 11 is 0. The number of ether oxygens (including phenoxy) is 2. The van der Waals surface area contributed by atoms with Gasteiger partial charge in [-0.05, 0) is 38.2 Å². The molecule has 2 aromatic rings. The average molecular weight is 400 g/mol. The highest BCUT2D eigenvalue weighted by molar-refractivity contribution is 5.83. The van der Waals surface area contributed by atoms with Gasteiger partial charge in [0.1, 0.15) is 12.7 Å². The molecule has 3 atom stereocenters. The summed E-state index contributed by atoms with van der Waals surface area (Å²) in [5.41, 5.74) is 1.83. The third kappa shape index (κ3) is 6.23. The molecule has 1 heterocycles. The van der Waals surface area contributed by atoms with Gasteiger partial charge in [-0.2, -0.15) is 5.10 Å². The number of anilines is 1. The molecule has 1 aliphatic carbocycles. The summed E-state index contributed by atoms with van der Waals surface area (Å²) in [6.45, 7) is 4.16. The molecule has 1 fully saturated rings. The monoisotopic (exact) mass is 400 g/mol. The number of aromatic nitrogens is 2. The highest BCUT2D eigenvalue weighted by atomic mass is 16.6. The van der Waals surface area contributed by atoms with Gasteiger partial charge in [0.25, 0.3) is 0 Å². The lowest BCUT2D eigenvalue weighted by Crippen LogP contribution is -2.34. The van der Waals surface area contributed by atoms with E-state index in [0.717, 1.165) is 36.9 Å². The molecule has 8 heteroatoms. The molecule has 156 valence electrons. The number of alkyl carbamates (subject to hydrolysis) is 1. The van der Waals surface area contributed by atoms with Gasteiger partial charge in [-0.1, -0.05) is 37.3 Å². The number of rotatable bonds is 7. The first kappa shape index (κ1) is 20.7. The summed E-state index contributed by atoms with van der Waals surface area (Å²) < 4.78 is 10.7. The third-order valence-corrected chi connectivity index (χ3v) is 5.12. The molecule has 0 radical (unpaired) electrons. The molecule has 2 amide bonds. The maximum Gasteiger partial charge on any atom is 0.413 e. The summed E-state index contributed by atoms with van der Waals surface area (Å²) in [5.74, 6) is 0.622. The highest BCUT2D eigenvalue weighted by Crippen LogP contribution is 2.35. The highest BCUT2D eigenvalue weighted by Gasteiger charge is 2.30. The zero-order chi connectivity index (χ0) is 20.6. The van der Waals surface area contributed by atoms with Crippen molar-refractivity contribution in [2.75, 3.05) is 5.32 Å². The molecule has 1 saturated carbocycles. The van der Waals surface area contributed by atoms with Crippen LogP contribution in [0.25, 0.3) is 0 Å². The van der Waals surface area contributed by atoms with Gasteiger partial charge in [0.2, 0.25) is 0 Å². The average Bonchev–Trinajstić information content (AvgIpc) is 3.36. The van der Waals surface area contributed by atoms with E-state index in [0.29, 0.717) is 5.82 Å². The van der Waals surface area contributed by atoms with Crippen LogP contribution in [0.2, 0.25) is 0 Å². The standard InChI is InChI=1S/C21H28N4O4/c1-3-14(2)22-21(27)29-17-10-9-16(11-17)18-12-19(25-24-18)23-20(26)28-13-15-7-5-4-6-8-15/h4-8,12,14,16-17H,3,9-11,13H2,1-2H3,(H,22,27)(H2,23,24,25,26)/t14-,16+,17-/m0/s1. The molecule has 0 aliphatic heterocycles. The Labute approximate surface area is 170 Å². The zero-order valence-corrected chi connectivity index (χ0v) is 16.8. The summed E-state index contributed by atoms with van der Waals surface area (Å²) in [6.07, 6.45) is 2.26. The molecule has 1 aromatic carbocycles. The predicted molar refractivity (Wildman–Crippen MR) is 109 cm³/mol. The van der Waals surface area contributed by atoms with Crippen LogP contribution in [0.15, 0.2) is 36.4 Å². The zero-order valence-electron chi connectivity index (χ0n) is 16.8. The van der Waals surface area contributed by atoms with Gasteiger partial charge in [0.15, 0.2) is 5.82 Å². The Hall–Kier alpha value is -3.03. The van der Waals surface area contributed by atoms with Crippen molar-refractivity contribution >= 4 is 18.0 Å². The molecule has 8 nitrogen and oxygen atoms in total. The minimum Gasteiger partial charge on any atom is -0.446 e. The third-order valence-electron chi connectivity index (χ3n) is 5.12. The van der Waals surface area contributed by atoms with E-state index in [1.54, 1.807) is 6.07 Å². The fourth-order valence-electron chi connectivity index (χ4n) is 3.29. The molecule has 0 spiro atoms. The Morgan fingerprint density at radius 1 is 1.24 bits per heavy atom. The van der Waals surface area contributed by atoms with Gasteiger partial charge in [0.05, 0.1) is 0 Å². The van der Waals surface area contributed by atoms with Crippen LogP contribution in [-0.2, 0) is 16.1 Å². The Bertz CT molecular complexity index is 808. The van der Waals surface area contributed by atoms with E-state index in [1.165, 1.54) is 0 Å². The lowest BCUT2D eigenvalue weighted by atomic mass is 10.0. The number of nitrogens with zero attached hydrogens (tertiary/aromatic N) is 1. The maximum absolute atomic E-state index is 12.0. The number of H-pyrrole nitrogens is 1. The number of hydrogen-bond acceptors (Lipinski definition) is 5. The number of aromatic amines is 1. The smallest absolute Gasteiger partial charge is 0.413 e. The predicted octanol–water partition coefficient (Wildman–Crippen LogP) is 4.32. The number of nitrogens with one attached hydrogen (secondary N) is 3. The Morgan fingerprint density at radius 2 is 2.03 bits per heavy atom. The first-order valence-electron chi connectivity index (χ1n) is 10.0. The van der Waals surface area contributed by atoms with E-state index >= 15 is 0 Å². The molecule has 3 N–H and O–H groups in total. The van der Waals surface area contributed by atoms with Gasteiger partial charge >= 0.3 is 12.2 Å². The molecule has 1 aromatic heterocycles. The van der Waals surface area contributed by atoms with Crippen molar-refractivity contribution in [1.82, 2.24) is 15.5 Å². The molecule has 1 aliphatic rings. The first-order chi connectivity index (χ1) is 14.0. The second kappa shape index (κ2) is 9.95. The second-order valence-corrected chi connectivity index (χ2v) is 7.39. The van der Waals surface area contributed by atoms with E-state index in [2.05, 4.69) is 20.8 Å². The van der Waals surface area contributed by atoms with E-state index in [1.807, 2.05) is 44.2 Å². The van der Waals surface area contributed by atoms with E-state index in [-0.39, 0.29) is 30.8 Å². The lowest BCUT2D eigenvalue weighted by Gasteiger charge is -2.16. The minimum absolute atomic E-state index is 0.0996. The fraction of sp³-hybridized carbons (Fsp3) is 0.476. The Balaban J connectivity index is 1.44. The summed E-state index contributed by atoms with van der Waals surface area (Å²) in [7, 11) is 0. The van der Waals surface area contributed by atoms with Crippen LogP contribution in [-0.4, -0.2) is 34.5 Å². The molecular formula is C21H28N4O4. The minimum atomic E-state index is -0.554. The number of carbonyl (C=O) groups excluding carboxylic acids is 2. The van der Waals surface area contributed by atoms with Crippen LogP contribution in [0.5, 0.6) is 0 Å². The van der Waals surface area contributed by atoms with Gasteiger partial charge in [-0.25, -0.2) is 9.59 Å². The Morgan fingerprint density at radius 3 is 2.79 bits per heavy atom. The van der Waals surface area contributed by atoms with Crippen molar-refractivity contribution in [3.8, 4) is 0 Å². The Kier molecular flexibility index (Phi) is 7.10. The van der Waals surface area contributed by atoms with E-state index in [9.17, 15) is 9.59 Å². The maximum atomic E-state index is 12.0. The van der Waals surface area contributed by atoms with Crippen molar-refractivity contribution in [1.29, 1.82) is 0 Å². The number of hydrogen-bond donors (Lipinski definition) is 3. The van der Waals surface area contributed by atoms with Crippen molar-refractivity contribution in [2.24, 2.45) is 0 Å². The quantitative estimate of drug-likeness (QED) is 0.642. The largest absolute Gasteiger partial charge is 0.446 e. The van der Waals surface area contributed by atoms with Crippen molar-refractivity contribution < 1.29 is 19.1 Å². The SMILES string of the molecule is CC[C@H](C)NC(=O)O[C@H]1CC[C@@H](c2cc(NC(=O)OCc3ccccc3)n[nH]2)C1. The fourth-order valence-corrected chi connectivity index (χ4v) is 3.29. The molecule has 0 unspecified atom stereocenters. The molecule has 3 rings (SSSR count). The van der Waals surface area contributed by atoms with E-state index in [4.69, 9.17) is 9.47 Å². The molecule has 0 bridgehead atoms. The summed E-state index contributed by atoms with van der Waals surface area (Å²) in [4.78, 5) is 23.8. The second-order valence-electron chi connectivity index (χ2n) is 7.39. The molecule has 0 saturated heterocycles. The van der Waals surface area contributed by atoms with Crippen LogP contribution < -0.4 is 10.6 Å².